The zero-order valence-corrected chi connectivity index (χ0v) is 73.7. The highest BCUT2D eigenvalue weighted by Gasteiger charge is 2.29. The van der Waals surface area contributed by atoms with Gasteiger partial charge in [-0.05, 0) is 161 Å². The Bertz CT molecular complexity index is 2870. The smallest absolute Gasteiger partial charge is 0.463 e. The maximum atomic E-state index is 13.1. The number of carbonyl (C=O) groups is 3. The molecule has 115 heavy (non-hydrogen) atoms. The first-order valence-corrected chi connectivity index (χ1v) is 47.7. The van der Waals surface area contributed by atoms with Crippen LogP contribution in [0.4, 0.5) is 0 Å². The van der Waals surface area contributed by atoms with Crippen molar-refractivity contribution in [3.05, 3.63) is 194 Å². The molecule has 0 bridgehead atoms. The first-order chi connectivity index (χ1) is 56.2. The Morgan fingerprint density at radius 3 is 0.687 bits per heavy atom. The van der Waals surface area contributed by atoms with Gasteiger partial charge < -0.3 is 34.2 Å². The minimum Gasteiger partial charge on any atom is -0.463 e. The number of phosphoric ester groups is 2. The van der Waals surface area contributed by atoms with Gasteiger partial charge in [-0.2, -0.15) is 0 Å². The molecule has 18 heteroatoms. The summed E-state index contributed by atoms with van der Waals surface area (Å²) in [7, 11) is -9.82. The van der Waals surface area contributed by atoms with Crippen LogP contribution in [0.15, 0.2) is 194 Å². The first kappa shape index (κ1) is 109. The topological polar surface area (TPSA) is 231 Å². The highest BCUT2D eigenvalue weighted by atomic mass is 31.2. The number of carbonyl (C=O) groups excluding carboxylic acids is 3. The van der Waals surface area contributed by atoms with Crippen LogP contribution in [0.2, 0.25) is 0 Å². The summed E-state index contributed by atoms with van der Waals surface area (Å²) in [5.41, 5.74) is 0. The molecule has 4 N–H and O–H groups in total. The van der Waals surface area contributed by atoms with Gasteiger partial charge in [-0.15, -0.1) is 0 Å². The van der Waals surface area contributed by atoms with Crippen molar-refractivity contribution in [2.75, 3.05) is 39.6 Å². The van der Waals surface area contributed by atoms with Gasteiger partial charge in [0.05, 0.1) is 26.4 Å². The Morgan fingerprint density at radius 2 is 0.435 bits per heavy atom. The average Bonchev–Trinajstić information content (AvgIpc) is 0.926. The summed E-state index contributed by atoms with van der Waals surface area (Å²) >= 11 is 0. The van der Waals surface area contributed by atoms with E-state index in [-0.39, 0.29) is 19.3 Å². The Balaban J connectivity index is 4.69. The summed E-state index contributed by atoms with van der Waals surface area (Å²) < 4.78 is 61.5. The van der Waals surface area contributed by atoms with Crippen molar-refractivity contribution in [2.45, 2.75) is 360 Å². The lowest BCUT2D eigenvalue weighted by Gasteiger charge is -2.21. The minimum atomic E-state index is -4.95. The van der Waals surface area contributed by atoms with E-state index in [2.05, 4.69) is 215 Å². The molecule has 16 nitrogen and oxygen atoms in total. The van der Waals surface area contributed by atoms with Crippen LogP contribution in [0.25, 0.3) is 0 Å². The molecule has 654 valence electrons. The Morgan fingerprint density at radius 1 is 0.243 bits per heavy atom. The molecule has 0 heterocycles. The van der Waals surface area contributed by atoms with Gasteiger partial charge in [0.15, 0.2) is 6.10 Å². The Hall–Kier alpha value is -5.61. The van der Waals surface area contributed by atoms with Crippen molar-refractivity contribution >= 4 is 33.6 Å². The van der Waals surface area contributed by atoms with E-state index in [0.717, 1.165) is 205 Å². The third-order valence-electron chi connectivity index (χ3n) is 18.3. The molecule has 0 aromatic carbocycles. The van der Waals surface area contributed by atoms with E-state index in [1.54, 1.807) is 0 Å². The van der Waals surface area contributed by atoms with E-state index in [1.165, 1.54) is 77.0 Å². The molecular formula is C97H160O16P2. The van der Waals surface area contributed by atoms with Crippen molar-refractivity contribution in [2.24, 2.45) is 0 Å². The zero-order valence-electron chi connectivity index (χ0n) is 71.9. The number of hydrogen-bond acceptors (Lipinski definition) is 14. The first-order valence-electron chi connectivity index (χ1n) is 44.7. The normalized spacial score (nSPS) is 14.7. The van der Waals surface area contributed by atoms with E-state index >= 15 is 0 Å². The number of unbranched alkanes of at least 4 members (excludes halogenated alkanes) is 28. The standard InChI is InChI=1S/C97H160O16P2/c1-4-7-10-13-16-19-22-25-28-31-34-37-40-43-44-45-46-49-51-53-56-59-62-65-68-71-74-77-80-83-95(100)107-86-92(98)87-109-114(103,104)110-88-93(99)89-111-115(105,106)112-91-94(113-97(102)85-82-79-76-73-70-67-64-61-58-55-52-48-42-39-36-33-30-27-24-21-18-15-12-9-6-3)90-108-96(101)84-81-78-75-72-69-66-63-60-57-54-50-47-41-38-35-32-29-26-23-20-17-14-11-8-5-2/h7-12,16-21,25-30,34-39,43-44,47-48,50,52,57,60,92-94,98-99H,4-6,13-15,22-24,31-33,40-42,45-46,49,51,53-56,58-59,61-91H2,1-3H3,(H,103,104)(H,105,106)/b10-7-,11-8-,12-9-,19-16-,20-17-,21-18-,28-25-,29-26-,30-27-,37-34-,38-35-,39-36-,44-43-,50-47-,52-48-,60-57-. The van der Waals surface area contributed by atoms with E-state index in [9.17, 15) is 43.5 Å². The zero-order chi connectivity index (χ0) is 83.6. The van der Waals surface area contributed by atoms with Crippen LogP contribution in [0, 0.1) is 0 Å². The Labute approximate surface area is 699 Å². The summed E-state index contributed by atoms with van der Waals surface area (Å²) in [6.07, 6.45) is 116. The number of aliphatic hydroxyl groups excluding tert-OH is 2. The van der Waals surface area contributed by atoms with Gasteiger partial charge in [-0.25, -0.2) is 9.13 Å². The molecule has 0 aliphatic heterocycles. The fourth-order valence-electron chi connectivity index (χ4n) is 11.6. The van der Waals surface area contributed by atoms with Crippen LogP contribution in [-0.4, -0.2) is 95.9 Å². The number of ether oxygens (including phenoxy) is 3. The summed E-state index contributed by atoms with van der Waals surface area (Å²) in [5.74, 6) is -1.60. The fourth-order valence-corrected chi connectivity index (χ4v) is 13.2. The van der Waals surface area contributed by atoms with Crippen LogP contribution in [0.5, 0.6) is 0 Å². The van der Waals surface area contributed by atoms with Crippen LogP contribution < -0.4 is 0 Å². The highest BCUT2D eigenvalue weighted by molar-refractivity contribution is 7.47. The summed E-state index contributed by atoms with van der Waals surface area (Å²) in [5, 5.41) is 20.7. The van der Waals surface area contributed by atoms with Gasteiger partial charge in [0.2, 0.25) is 0 Å². The third kappa shape index (κ3) is 89.0. The fraction of sp³-hybridized carbons (Fsp3) is 0.639. The van der Waals surface area contributed by atoms with E-state index in [1.807, 2.05) is 0 Å². The molecule has 0 aliphatic carbocycles. The van der Waals surface area contributed by atoms with Gasteiger partial charge in [-0.3, -0.25) is 32.5 Å². The lowest BCUT2D eigenvalue weighted by Crippen LogP contribution is -2.30. The second-order valence-electron chi connectivity index (χ2n) is 29.3. The van der Waals surface area contributed by atoms with E-state index < -0.39 is 91.5 Å². The number of phosphoric acid groups is 2. The molecule has 5 atom stereocenters. The second-order valence-corrected chi connectivity index (χ2v) is 32.2. The van der Waals surface area contributed by atoms with Gasteiger partial charge in [0.1, 0.15) is 25.4 Å². The summed E-state index contributed by atoms with van der Waals surface area (Å²) in [6.45, 7) is 2.34. The maximum absolute atomic E-state index is 13.1. The molecule has 0 fully saturated rings. The third-order valence-corrected chi connectivity index (χ3v) is 20.2. The van der Waals surface area contributed by atoms with Gasteiger partial charge >= 0.3 is 33.6 Å². The lowest BCUT2D eigenvalue weighted by molar-refractivity contribution is -0.161. The Kier molecular flexibility index (Phi) is 83.4. The molecule has 0 aliphatic rings. The van der Waals surface area contributed by atoms with Crippen molar-refractivity contribution in [1.82, 2.24) is 0 Å². The average molecular weight is 1640 g/mol. The second kappa shape index (κ2) is 87.7. The summed E-state index contributed by atoms with van der Waals surface area (Å²) in [6, 6.07) is 0. The van der Waals surface area contributed by atoms with Crippen LogP contribution in [0.3, 0.4) is 0 Å². The van der Waals surface area contributed by atoms with Crippen LogP contribution in [-0.2, 0) is 55.8 Å². The molecular weight excluding hydrogens is 1480 g/mol. The van der Waals surface area contributed by atoms with Crippen molar-refractivity contribution in [3.8, 4) is 0 Å². The molecule has 0 rings (SSSR count). The lowest BCUT2D eigenvalue weighted by atomic mass is 10.0. The van der Waals surface area contributed by atoms with Gasteiger partial charge in [-0.1, -0.05) is 356 Å². The maximum Gasteiger partial charge on any atom is 0.472 e. The molecule has 0 aromatic rings. The number of esters is 3. The predicted molar refractivity (Wildman–Crippen MR) is 481 cm³/mol. The van der Waals surface area contributed by atoms with Crippen LogP contribution >= 0.6 is 15.6 Å². The molecule has 0 amide bonds. The number of hydrogen-bond donors (Lipinski definition) is 4. The predicted octanol–water partition coefficient (Wildman–Crippen LogP) is 27.4. The molecule has 0 radical (unpaired) electrons. The van der Waals surface area contributed by atoms with Crippen molar-refractivity contribution < 1.29 is 75.8 Å². The molecule has 0 spiro atoms. The SMILES string of the molecule is CC/C=C\C/C=C\C/C=C\C/C=C\C/C=C\C/C=C\CCCCCCCCC(=O)OCC(COP(=O)(O)OCC(O)COP(=O)(O)OCC(O)COC(=O)CCCCCCCCCCCCCCC/C=C\C/C=C\C/C=C\C/C=C\C/C=C\CC)OC(=O)CCCCCCCCCCC/C=C\C/C=C\C/C=C\C/C=C\C/C=C\CC. The van der Waals surface area contributed by atoms with Crippen molar-refractivity contribution in [3.63, 3.8) is 0 Å². The monoisotopic (exact) mass is 1640 g/mol. The minimum absolute atomic E-state index is 0.0860. The summed E-state index contributed by atoms with van der Waals surface area (Å²) in [4.78, 5) is 59.0. The largest absolute Gasteiger partial charge is 0.472 e. The number of aliphatic hydroxyl groups is 2. The highest BCUT2D eigenvalue weighted by Crippen LogP contribution is 2.45. The van der Waals surface area contributed by atoms with E-state index in [0.29, 0.717) is 19.3 Å². The quantitative estimate of drug-likeness (QED) is 0.0146. The van der Waals surface area contributed by atoms with Gasteiger partial charge in [0.25, 0.3) is 0 Å². The van der Waals surface area contributed by atoms with E-state index in [4.69, 9.17) is 32.3 Å². The molecule has 0 saturated heterocycles. The van der Waals surface area contributed by atoms with Gasteiger partial charge in [0, 0.05) is 19.3 Å². The number of rotatable bonds is 83. The molecule has 0 saturated carbocycles. The number of allylic oxidation sites excluding steroid dienone is 32. The van der Waals surface area contributed by atoms with Crippen LogP contribution in [0.1, 0.15) is 342 Å². The molecule has 5 unspecified atom stereocenters. The molecule has 0 aromatic heterocycles. The van der Waals surface area contributed by atoms with Crippen molar-refractivity contribution in [1.29, 1.82) is 0 Å².